The van der Waals surface area contributed by atoms with Gasteiger partial charge in [0.25, 0.3) is 5.56 Å². The normalized spacial score (nSPS) is 11.9. The number of rotatable bonds is 8. The standard InChI is InChI=1S/C16H18BrClFN3O3S/c1-22-14(23)9-13(25-2)15(21-26(24)7-3-6-18)16(22)20-12-5-4-10(17)8-11(12)19/h4-5,8-9,20-21H,3,6-7H2,1-2H3. The van der Waals surface area contributed by atoms with Crippen LogP contribution in [-0.2, 0) is 18.0 Å². The van der Waals surface area contributed by atoms with Gasteiger partial charge in [0, 0.05) is 29.2 Å². The molecule has 0 saturated heterocycles. The van der Waals surface area contributed by atoms with Crippen LogP contribution in [0.2, 0.25) is 0 Å². The highest BCUT2D eigenvalue weighted by atomic mass is 79.9. The van der Waals surface area contributed by atoms with Crippen LogP contribution in [0, 0.1) is 5.82 Å². The fourth-order valence-electron chi connectivity index (χ4n) is 2.15. The summed E-state index contributed by atoms with van der Waals surface area (Å²) in [5.41, 5.74) is 0.0924. The molecular formula is C16H18BrClFN3O3S. The Morgan fingerprint density at radius 2 is 2.12 bits per heavy atom. The van der Waals surface area contributed by atoms with Crippen molar-refractivity contribution in [1.29, 1.82) is 0 Å². The van der Waals surface area contributed by atoms with Crippen molar-refractivity contribution in [2.24, 2.45) is 7.05 Å². The molecule has 1 unspecified atom stereocenters. The van der Waals surface area contributed by atoms with Crippen LogP contribution >= 0.6 is 27.5 Å². The quantitative estimate of drug-likeness (QED) is 0.581. The molecule has 26 heavy (non-hydrogen) atoms. The molecule has 0 aliphatic heterocycles. The number of hydrogen-bond acceptors (Lipinski definition) is 4. The lowest BCUT2D eigenvalue weighted by Crippen LogP contribution is -2.22. The van der Waals surface area contributed by atoms with Gasteiger partial charge in [-0.3, -0.25) is 14.1 Å². The summed E-state index contributed by atoms with van der Waals surface area (Å²) in [5.74, 6) is 0.625. The van der Waals surface area contributed by atoms with Gasteiger partial charge in [-0.25, -0.2) is 8.60 Å². The van der Waals surface area contributed by atoms with Crippen molar-refractivity contribution in [1.82, 2.24) is 4.57 Å². The van der Waals surface area contributed by atoms with Crippen LogP contribution < -0.4 is 20.3 Å². The van der Waals surface area contributed by atoms with Crippen molar-refractivity contribution in [2.45, 2.75) is 6.42 Å². The second kappa shape index (κ2) is 9.38. The first kappa shape index (κ1) is 20.7. The molecule has 2 rings (SSSR count). The molecule has 0 radical (unpaired) electrons. The molecule has 2 N–H and O–H groups in total. The van der Waals surface area contributed by atoms with Gasteiger partial charge >= 0.3 is 0 Å². The van der Waals surface area contributed by atoms with Crippen LogP contribution in [0.3, 0.4) is 0 Å². The van der Waals surface area contributed by atoms with Gasteiger partial charge in [-0.2, -0.15) is 0 Å². The second-order valence-electron chi connectivity index (χ2n) is 5.28. The zero-order chi connectivity index (χ0) is 19.3. The molecule has 6 nitrogen and oxygen atoms in total. The Balaban J connectivity index is 2.49. The molecule has 1 aromatic carbocycles. The Morgan fingerprint density at radius 3 is 2.73 bits per heavy atom. The minimum atomic E-state index is -1.45. The summed E-state index contributed by atoms with van der Waals surface area (Å²) in [6.07, 6.45) is 0.555. The number of anilines is 3. The Kier molecular flexibility index (Phi) is 7.48. The zero-order valence-corrected chi connectivity index (χ0v) is 17.3. The van der Waals surface area contributed by atoms with Gasteiger partial charge in [-0.1, -0.05) is 15.9 Å². The Morgan fingerprint density at radius 1 is 1.38 bits per heavy atom. The van der Waals surface area contributed by atoms with Crippen molar-refractivity contribution >= 4 is 55.7 Å². The third-order valence-corrected chi connectivity index (χ3v) is 5.34. The molecule has 2 aromatic rings. The average molecular weight is 467 g/mol. The van der Waals surface area contributed by atoms with E-state index < -0.39 is 16.8 Å². The van der Waals surface area contributed by atoms with Crippen molar-refractivity contribution in [3.8, 4) is 5.75 Å². The number of ether oxygens (including phenoxy) is 1. The molecule has 0 bridgehead atoms. The van der Waals surface area contributed by atoms with Gasteiger partial charge in [0.1, 0.15) is 28.3 Å². The number of benzene rings is 1. The van der Waals surface area contributed by atoms with Gasteiger partial charge in [0.05, 0.1) is 12.8 Å². The van der Waals surface area contributed by atoms with Crippen LogP contribution in [0.4, 0.5) is 21.6 Å². The number of aromatic nitrogens is 1. The number of pyridine rings is 1. The smallest absolute Gasteiger partial charge is 0.255 e. The maximum atomic E-state index is 14.2. The topological polar surface area (TPSA) is 72.4 Å². The van der Waals surface area contributed by atoms with E-state index in [4.69, 9.17) is 16.3 Å². The minimum absolute atomic E-state index is 0.158. The number of alkyl halides is 1. The maximum absolute atomic E-state index is 14.2. The van der Waals surface area contributed by atoms with Gasteiger partial charge in [0.15, 0.2) is 5.75 Å². The first-order valence-electron chi connectivity index (χ1n) is 7.58. The largest absolute Gasteiger partial charge is 0.494 e. The number of methoxy groups -OCH3 is 1. The Bertz CT molecular complexity index is 879. The summed E-state index contributed by atoms with van der Waals surface area (Å²) in [6.45, 7) is 0. The lowest BCUT2D eigenvalue weighted by atomic mass is 10.3. The number of nitrogens with zero attached hydrogens (tertiary/aromatic N) is 1. The highest BCUT2D eigenvalue weighted by Crippen LogP contribution is 2.34. The number of nitrogens with one attached hydrogen (secondary N) is 2. The molecule has 0 fully saturated rings. The third kappa shape index (κ3) is 4.99. The van der Waals surface area contributed by atoms with Crippen LogP contribution in [0.25, 0.3) is 0 Å². The average Bonchev–Trinajstić information content (AvgIpc) is 2.60. The van der Waals surface area contributed by atoms with E-state index >= 15 is 0 Å². The summed E-state index contributed by atoms with van der Waals surface area (Å²) in [7, 11) is 1.47. The van der Waals surface area contributed by atoms with E-state index in [-0.39, 0.29) is 22.8 Å². The van der Waals surface area contributed by atoms with Gasteiger partial charge < -0.3 is 10.1 Å². The van der Waals surface area contributed by atoms with Gasteiger partial charge in [0.2, 0.25) is 0 Å². The van der Waals surface area contributed by atoms with E-state index in [1.54, 1.807) is 6.07 Å². The van der Waals surface area contributed by atoms with Gasteiger partial charge in [-0.05, 0) is 24.6 Å². The van der Waals surface area contributed by atoms with E-state index in [2.05, 4.69) is 26.0 Å². The summed E-state index contributed by atoms with van der Waals surface area (Å²) in [4.78, 5) is 12.2. The highest BCUT2D eigenvalue weighted by Gasteiger charge is 2.18. The SMILES string of the molecule is COc1cc(=O)n(C)c(Nc2ccc(Br)cc2F)c1NS(=O)CCCCl. The molecule has 1 aromatic heterocycles. The fraction of sp³-hybridized carbons (Fsp3) is 0.312. The van der Waals surface area contributed by atoms with E-state index in [0.29, 0.717) is 28.2 Å². The zero-order valence-electron chi connectivity index (χ0n) is 14.1. The monoisotopic (exact) mass is 465 g/mol. The van der Waals surface area contributed by atoms with Crippen molar-refractivity contribution < 1.29 is 13.3 Å². The molecule has 10 heteroatoms. The van der Waals surface area contributed by atoms with Crippen molar-refractivity contribution in [3.63, 3.8) is 0 Å². The van der Waals surface area contributed by atoms with E-state index in [1.165, 1.54) is 36.9 Å². The van der Waals surface area contributed by atoms with Crippen LogP contribution in [0.15, 0.2) is 33.5 Å². The Hall–Kier alpha value is -1.58. The summed E-state index contributed by atoms with van der Waals surface area (Å²) >= 11 is 8.83. The molecule has 1 atom stereocenters. The molecule has 1 heterocycles. The highest BCUT2D eigenvalue weighted by molar-refractivity contribution is 9.10. The first-order valence-corrected chi connectivity index (χ1v) is 10.2. The number of hydrogen-bond donors (Lipinski definition) is 2. The van der Waals surface area contributed by atoms with Crippen molar-refractivity contribution in [2.75, 3.05) is 28.8 Å². The fourth-order valence-corrected chi connectivity index (χ4v) is 3.71. The molecule has 0 saturated carbocycles. The lowest BCUT2D eigenvalue weighted by Gasteiger charge is -2.19. The molecular weight excluding hydrogens is 449 g/mol. The molecule has 0 spiro atoms. The number of halogens is 3. The van der Waals surface area contributed by atoms with Crippen LogP contribution in [0.5, 0.6) is 5.75 Å². The van der Waals surface area contributed by atoms with Crippen LogP contribution in [-0.4, -0.2) is 27.5 Å². The summed E-state index contributed by atoms with van der Waals surface area (Å²) in [5, 5.41) is 2.88. The van der Waals surface area contributed by atoms with Crippen molar-refractivity contribution in [3.05, 3.63) is 44.9 Å². The predicted molar refractivity (Wildman–Crippen MR) is 108 cm³/mol. The molecule has 0 aliphatic carbocycles. The first-order chi connectivity index (χ1) is 12.4. The molecule has 0 aliphatic rings. The Labute approximate surface area is 166 Å². The van der Waals surface area contributed by atoms with E-state index in [1.807, 2.05) is 0 Å². The lowest BCUT2D eigenvalue weighted by molar-refractivity contribution is 0.415. The maximum Gasteiger partial charge on any atom is 0.255 e. The van der Waals surface area contributed by atoms with E-state index in [0.717, 1.165) is 0 Å². The van der Waals surface area contributed by atoms with Crippen LogP contribution in [0.1, 0.15) is 6.42 Å². The van der Waals surface area contributed by atoms with E-state index in [9.17, 15) is 13.4 Å². The third-order valence-electron chi connectivity index (χ3n) is 3.49. The van der Waals surface area contributed by atoms with Gasteiger partial charge in [-0.15, -0.1) is 11.6 Å². The minimum Gasteiger partial charge on any atom is -0.494 e. The molecule has 0 amide bonds. The molecule has 142 valence electrons. The summed E-state index contributed by atoms with van der Waals surface area (Å²) < 4.78 is 36.4. The predicted octanol–water partition coefficient (Wildman–Crippen LogP) is 3.74. The summed E-state index contributed by atoms with van der Waals surface area (Å²) in [6, 6.07) is 5.75. The second-order valence-corrected chi connectivity index (χ2v) is 7.87.